The van der Waals surface area contributed by atoms with Crippen molar-refractivity contribution in [2.24, 2.45) is 11.8 Å². The molecular formula is C18H19N5O2S. The molecule has 134 valence electrons. The minimum Gasteiger partial charge on any atom is -0.330 e. The monoisotopic (exact) mass is 369 g/mol. The lowest BCUT2D eigenvalue weighted by Crippen LogP contribution is -2.56. The van der Waals surface area contributed by atoms with Gasteiger partial charge in [0.25, 0.3) is 0 Å². The summed E-state index contributed by atoms with van der Waals surface area (Å²) in [5.74, 6) is 0.831. The van der Waals surface area contributed by atoms with Gasteiger partial charge in [-0.05, 0) is 43.2 Å². The van der Waals surface area contributed by atoms with Gasteiger partial charge in [-0.25, -0.2) is 4.98 Å². The summed E-state index contributed by atoms with van der Waals surface area (Å²) in [6, 6.07) is 3.97. The summed E-state index contributed by atoms with van der Waals surface area (Å²) in [5.41, 5.74) is 1.40. The van der Waals surface area contributed by atoms with Crippen molar-refractivity contribution in [2.45, 2.75) is 31.8 Å². The highest BCUT2D eigenvalue weighted by Crippen LogP contribution is 2.53. The van der Waals surface area contributed by atoms with E-state index in [0.717, 1.165) is 35.4 Å². The molecule has 3 aliphatic rings. The molecule has 0 N–H and O–H groups in total. The standard InChI is InChI=1S/C18H19N5O2S/c24-17-18(25)23(14-8-11-7-12(11)9-14)5-4-22(17)10-13-1-2-15(21-20-13)16-19-3-6-26-16/h1-3,6,11-12,14H,4-5,7-10H2/t11-,12+,14?. The third-order valence-corrected chi connectivity index (χ3v) is 6.52. The Bertz CT molecular complexity index is 828. The summed E-state index contributed by atoms with van der Waals surface area (Å²) in [6.07, 6.45) is 5.20. The zero-order valence-corrected chi connectivity index (χ0v) is 15.1. The van der Waals surface area contributed by atoms with E-state index >= 15 is 0 Å². The molecule has 1 saturated heterocycles. The van der Waals surface area contributed by atoms with Crippen LogP contribution in [0.3, 0.4) is 0 Å². The van der Waals surface area contributed by atoms with E-state index in [1.807, 2.05) is 22.4 Å². The van der Waals surface area contributed by atoms with Crippen LogP contribution >= 0.6 is 11.3 Å². The van der Waals surface area contributed by atoms with Gasteiger partial charge in [0.2, 0.25) is 0 Å². The molecule has 3 heterocycles. The predicted octanol–water partition coefficient (Wildman–Crippen LogP) is 1.57. The van der Waals surface area contributed by atoms with E-state index < -0.39 is 5.91 Å². The van der Waals surface area contributed by atoms with Crippen molar-refractivity contribution in [3.63, 3.8) is 0 Å². The van der Waals surface area contributed by atoms with Crippen molar-refractivity contribution in [2.75, 3.05) is 13.1 Å². The smallest absolute Gasteiger partial charge is 0.312 e. The topological polar surface area (TPSA) is 79.3 Å². The largest absolute Gasteiger partial charge is 0.330 e. The van der Waals surface area contributed by atoms with Gasteiger partial charge in [0.15, 0.2) is 0 Å². The quantitative estimate of drug-likeness (QED) is 0.765. The second-order valence-electron chi connectivity index (χ2n) is 7.35. The number of hydrogen-bond donors (Lipinski definition) is 0. The van der Waals surface area contributed by atoms with Crippen molar-refractivity contribution in [1.82, 2.24) is 25.0 Å². The molecule has 8 heteroatoms. The minimum atomic E-state index is -0.414. The van der Waals surface area contributed by atoms with E-state index in [0.29, 0.717) is 25.3 Å². The molecule has 1 unspecified atom stereocenters. The van der Waals surface area contributed by atoms with Crippen molar-refractivity contribution in [3.8, 4) is 10.7 Å². The Morgan fingerprint density at radius 2 is 1.88 bits per heavy atom. The molecule has 7 nitrogen and oxygen atoms in total. The number of amides is 2. The van der Waals surface area contributed by atoms with Gasteiger partial charge in [0, 0.05) is 30.7 Å². The highest BCUT2D eigenvalue weighted by atomic mass is 32.1. The van der Waals surface area contributed by atoms with Gasteiger partial charge in [-0.3, -0.25) is 9.59 Å². The first kappa shape index (κ1) is 15.9. The van der Waals surface area contributed by atoms with Gasteiger partial charge >= 0.3 is 11.8 Å². The highest BCUT2D eigenvalue weighted by molar-refractivity contribution is 7.13. The molecule has 2 amide bonds. The van der Waals surface area contributed by atoms with Crippen molar-refractivity contribution in [1.29, 1.82) is 0 Å². The van der Waals surface area contributed by atoms with Crippen molar-refractivity contribution in [3.05, 3.63) is 29.4 Å². The average Bonchev–Trinajstić information content (AvgIpc) is 3.05. The molecule has 0 aromatic carbocycles. The summed E-state index contributed by atoms with van der Waals surface area (Å²) in [5, 5.41) is 11.1. The van der Waals surface area contributed by atoms with E-state index in [1.54, 1.807) is 11.1 Å². The zero-order valence-electron chi connectivity index (χ0n) is 14.2. The van der Waals surface area contributed by atoms with E-state index in [-0.39, 0.29) is 11.9 Å². The number of nitrogens with zero attached hydrogens (tertiary/aromatic N) is 5. The summed E-state index contributed by atoms with van der Waals surface area (Å²) >= 11 is 1.51. The number of piperazine rings is 1. The van der Waals surface area contributed by atoms with E-state index in [4.69, 9.17) is 0 Å². The van der Waals surface area contributed by atoms with Crippen LogP contribution in [-0.4, -0.2) is 55.9 Å². The molecule has 26 heavy (non-hydrogen) atoms. The second-order valence-corrected chi connectivity index (χ2v) is 8.25. The molecule has 5 rings (SSSR count). The van der Waals surface area contributed by atoms with Gasteiger partial charge in [0.1, 0.15) is 10.7 Å². The average molecular weight is 369 g/mol. The van der Waals surface area contributed by atoms with Crippen LogP contribution in [0.1, 0.15) is 25.0 Å². The van der Waals surface area contributed by atoms with Crippen LogP contribution in [-0.2, 0) is 16.1 Å². The van der Waals surface area contributed by atoms with Crippen LogP contribution in [0.5, 0.6) is 0 Å². The first-order chi connectivity index (χ1) is 12.7. The van der Waals surface area contributed by atoms with Crippen molar-refractivity contribution >= 4 is 23.2 Å². The van der Waals surface area contributed by atoms with Gasteiger partial charge < -0.3 is 9.80 Å². The Labute approximate surface area is 155 Å². The summed E-state index contributed by atoms with van der Waals surface area (Å²) in [6.45, 7) is 1.51. The number of fused-ring (bicyclic) bond motifs is 1. The zero-order chi connectivity index (χ0) is 17.7. The summed E-state index contributed by atoms with van der Waals surface area (Å²) in [4.78, 5) is 32.7. The van der Waals surface area contributed by atoms with Crippen LogP contribution < -0.4 is 0 Å². The number of rotatable bonds is 4. The Balaban J connectivity index is 1.24. The number of carbonyl (C=O) groups is 2. The van der Waals surface area contributed by atoms with Crippen LogP contribution in [0.15, 0.2) is 23.7 Å². The Morgan fingerprint density at radius 3 is 2.58 bits per heavy atom. The molecule has 1 aliphatic heterocycles. The maximum absolute atomic E-state index is 12.5. The SMILES string of the molecule is O=C1C(=O)N(C2C[C@@H]3C[C@@H]3C2)CCN1Cc1ccc(-c2nccs2)nn1. The van der Waals surface area contributed by atoms with E-state index in [9.17, 15) is 9.59 Å². The molecule has 2 aliphatic carbocycles. The number of aromatic nitrogens is 3. The molecule has 2 aromatic heterocycles. The molecular weight excluding hydrogens is 350 g/mol. The van der Waals surface area contributed by atoms with Gasteiger partial charge in [0.05, 0.1) is 12.2 Å². The Hall–Kier alpha value is -2.35. The first-order valence-corrected chi connectivity index (χ1v) is 9.89. The fourth-order valence-electron chi connectivity index (χ4n) is 4.23. The molecule has 0 spiro atoms. The fourth-order valence-corrected chi connectivity index (χ4v) is 4.83. The molecule has 2 aromatic rings. The third kappa shape index (κ3) is 2.78. The summed E-state index contributed by atoms with van der Waals surface area (Å²) < 4.78 is 0. The maximum Gasteiger partial charge on any atom is 0.312 e. The highest BCUT2D eigenvalue weighted by Gasteiger charge is 2.50. The number of hydrogen-bond acceptors (Lipinski definition) is 6. The molecule has 2 saturated carbocycles. The lowest BCUT2D eigenvalue weighted by Gasteiger charge is -2.37. The number of carbonyl (C=O) groups excluding carboxylic acids is 2. The second kappa shape index (κ2) is 6.12. The van der Waals surface area contributed by atoms with Crippen LogP contribution in [0.4, 0.5) is 0 Å². The summed E-state index contributed by atoms with van der Waals surface area (Å²) in [7, 11) is 0. The molecule has 3 atom stereocenters. The lowest BCUT2D eigenvalue weighted by molar-refractivity contribution is -0.158. The fraction of sp³-hybridized carbons (Fsp3) is 0.500. The molecule has 0 bridgehead atoms. The number of thiazole rings is 1. The Morgan fingerprint density at radius 1 is 1.04 bits per heavy atom. The van der Waals surface area contributed by atoms with Gasteiger partial charge in [-0.1, -0.05) is 0 Å². The molecule has 0 radical (unpaired) electrons. The van der Waals surface area contributed by atoms with Crippen molar-refractivity contribution < 1.29 is 9.59 Å². The predicted molar refractivity (Wildman–Crippen MR) is 94.9 cm³/mol. The molecule has 3 fully saturated rings. The first-order valence-electron chi connectivity index (χ1n) is 9.01. The Kier molecular flexibility index (Phi) is 3.74. The van der Waals surface area contributed by atoms with Gasteiger partial charge in [-0.15, -0.1) is 16.4 Å². The van der Waals surface area contributed by atoms with E-state index in [2.05, 4.69) is 15.2 Å². The maximum atomic E-state index is 12.5. The van der Waals surface area contributed by atoms with Crippen LogP contribution in [0.2, 0.25) is 0 Å². The third-order valence-electron chi connectivity index (χ3n) is 5.73. The van der Waals surface area contributed by atoms with Gasteiger partial charge in [-0.2, -0.15) is 5.10 Å². The normalized spacial score (nSPS) is 27.8. The van der Waals surface area contributed by atoms with E-state index in [1.165, 1.54) is 17.8 Å². The van der Waals surface area contributed by atoms with Crippen LogP contribution in [0.25, 0.3) is 10.7 Å². The van der Waals surface area contributed by atoms with Crippen LogP contribution in [0, 0.1) is 11.8 Å². The lowest BCUT2D eigenvalue weighted by atomic mass is 10.1. The minimum absolute atomic E-state index is 0.273.